The molecule has 0 radical (unpaired) electrons. The van der Waals surface area contributed by atoms with Crippen molar-refractivity contribution in [1.82, 2.24) is 19.8 Å². The van der Waals surface area contributed by atoms with Crippen molar-refractivity contribution in [3.8, 4) is 17.2 Å². The van der Waals surface area contributed by atoms with Gasteiger partial charge in [0, 0.05) is 64.1 Å². The minimum atomic E-state index is -0.592. The molecular weight excluding hydrogens is 640 g/mol. The highest BCUT2D eigenvalue weighted by molar-refractivity contribution is 6.43. The number of carbonyl (C=O) groups is 2. The van der Waals surface area contributed by atoms with Crippen molar-refractivity contribution in [3.63, 3.8) is 0 Å². The van der Waals surface area contributed by atoms with Crippen LogP contribution in [0.5, 0.6) is 0 Å². The number of benzene rings is 2. The molecular formula is C36H32Cl2FN5O3. The standard InChI is InChI=1S/C36H32Cl2FN5O3/c1-16-22-13-26(33-20-12-27(36(46)47-15-20)44(33)35(45)17-7-8-17)43(32-19-11-25(32)41-14-19)34(22)23-10-18(4-3-9-40)28(30(39)31(23)42-16)21-5-2-6-24(37)29(21)38/h2,5-6,10,13,17,19-20,25,27,32-33,41H,3-4,7-8,11-12,14-15H2,1H3. The summed E-state index contributed by atoms with van der Waals surface area (Å²) in [4.78, 5) is 33.6. The quantitative estimate of drug-likeness (QED) is 0.226. The number of aryl methyl sites for hydroxylation is 2. The van der Waals surface area contributed by atoms with Gasteiger partial charge in [-0.1, -0.05) is 35.3 Å². The first-order chi connectivity index (χ1) is 22.8. The zero-order valence-electron chi connectivity index (χ0n) is 25.7. The highest BCUT2D eigenvalue weighted by Gasteiger charge is 2.56. The second kappa shape index (κ2) is 10.6. The Morgan fingerprint density at radius 1 is 1.19 bits per heavy atom. The maximum atomic E-state index is 17.1. The Bertz CT molecular complexity index is 2070. The Kier molecular flexibility index (Phi) is 6.67. The van der Waals surface area contributed by atoms with E-state index in [0.29, 0.717) is 51.6 Å². The fraction of sp³-hybridized carbons (Fsp3) is 0.444. The highest BCUT2D eigenvalue weighted by Crippen LogP contribution is 2.53. The van der Waals surface area contributed by atoms with Gasteiger partial charge in [-0.3, -0.25) is 4.79 Å². The molecule has 4 aliphatic heterocycles. The van der Waals surface area contributed by atoms with Gasteiger partial charge in [0.25, 0.3) is 0 Å². The van der Waals surface area contributed by atoms with Crippen LogP contribution in [0.25, 0.3) is 32.9 Å². The first kappa shape index (κ1) is 29.4. The van der Waals surface area contributed by atoms with Crippen LogP contribution in [0.15, 0.2) is 30.3 Å². The molecule has 6 aliphatic rings. The van der Waals surface area contributed by atoms with Gasteiger partial charge in [-0.25, -0.2) is 14.2 Å². The predicted octanol–water partition coefficient (Wildman–Crippen LogP) is 6.82. The van der Waals surface area contributed by atoms with Crippen LogP contribution in [0, 0.1) is 41.8 Å². The molecule has 8 nitrogen and oxygen atoms in total. The van der Waals surface area contributed by atoms with Gasteiger partial charge in [-0.05, 0) is 68.7 Å². The molecule has 11 heteroatoms. The zero-order valence-corrected chi connectivity index (χ0v) is 27.2. The van der Waals surface area contributed by atoms with Crippen molar-refractivity contribution in [2.75, 3.05) is 13.2 Å². The summed E-state index contributed by atoms with van der Waals surface area (Å²) in [6.07, 6.45) is 3.81. The van der Waals surface area contributed by atoms with Crippen molar-refractivity contribution < 1.29 is 18.7 Å². The number of esters is 1. The minimum Gasteiger partial charge on any atom is -0.464 e. The second-order valence-electron chi connectivity index (χ2n) is 13.9. The average molecular weight is 673 g/mol. The first-order valence-corrected chi connectivity index (χ1v) is 17.2. The number of nitrogens with one attached hydrogen (secondary N) is 1. The summed E-state index contributed by atoms with van der Waals surface area (Å²) < 4.78 is 25.1. The molecule has 10 rings (SSSR count). The molecule has 2 aromatic heterocycles. The Balaban J connectivity index is 1.34. The van der Waals surface area contributed by atoms with E-state index < -0.39 is 11.9 Å². The molecule has 2 saturated carbocycles. The van der Waals surface area contributed by atoms with Crippen LogP contribution in [-0.4, -0.2) is 51.6 Å². The average Bonchev–Trinajstić information content (AvgIpc) is 3.35. The van der Waals surface area contributed by atoms with Gasteiger partial charge in [0.05, 0.1) is 40.3 Å². The lowest BCUT2D eigenvalue weighted by Gasteiger charge is -2.40. The van der Waals surface area contributed by atoms with E-state index in [9.17, 15) is 14.9 Å². The monoisotopic (exact) mass is 671 g/mol. The molecule has 240 valence electrons. The minimum absolute atomic E-state index is 0.0282. The number of nitriles is 1. The highest BCUT2D eigenvalue weighted by atomic mass is 35.5. The molecule has 2 aliphatic carbocycles. The van der Waals surface area contributed by atoms with Crippen molar-refractivity contribution >= 4 is 56.9 Å². The molecule has 1 amide bonds. The van der Waals surface area contributed by atoms with Gasteiger partial charge >= 0.3 is 5.97 Å². The Morgan fingerprint density at radius 2 is 2.02 bits per heavy atom. The zero-order chi connectivity index (χ0) is 32.3. The van der Waals surface area contributed by atoms with Gasteiger partial charge in [-0.2, -0.15) is 5.26 Å². The number of carbonyl (C=O) groups excluding carboxylic acids is 2. The molecule has 2 aromatic carbocycles. The van der Waals surface area contributed by atoms with E-state index in [2.05, 4.69) is 22.0 Å². The van der Waals surface area contributed by atoms with Crippen LogP contribution in [0.1, 0.15) is 61.1 Å². The van der Waals surface area contributed by atoms with E-state index in [4.69, 9.17) is 32.9 Å². The third-order valence-electron chi connectivity index (χ3n) is 11.2. The fourth-order valence-electron chi connectivity index (χ4n) is 8.89. The lowest BCUT2D eigenvalue weighted by molar-refractivity contribution is -0.155. The number of aromatic nitrogens is 2. The van der Waals surface area contributed by atoms with Gasteiger partial charge in [0.2, 0.25) is 5.91 Å². The van der Waals surface area contributed by atoms with Crippen LogP contribution in [-0.2, 0) is 20.7 Å². The van der Waals surface area contributed by atoms with Crippen LogP contribution in [0.4, 0.5) is 4.39 Å². The normalized spacial score (nSPS) is 27.7. The number of amides is 1. The lowest BCUT2D eigenvalue weighted by atomic mass is 9.79. The molecule has 4 saturated heterocycles. The molecule has 6 fully saturated rings. The number of pyridine rings is 1. The third kappa shape index (κ3) is 4.24. The molecule has 4 aromatic rings. The first-order valence-electron chi connectivity index (χ1n) is 16.5. The van der Waals surface area contributed by atoms with E-state index >= 15 is 4.39 Å². The van der Waals surface area contributed by atoms with Gasteiger partial charge in [-0.15, -0.1) is 0 Å². The predicted molar refractivity (Wildman–Crippen MR) is 175 cm³/mol. The largest absolute Gasteiger partial charge is 0.464 e. The van der Waals surface area contributed by atoms with E-state index in [0.717, 1.165) is 42.4 Å². The van der Waals surface area contributed by atoms with Crippen molar-refractivity contribution in [2.45, 2.75) is 69.6 Å². The van der Waals surface area contributed by atoms with E-state index in [1.807, 2.05) is 17.9 Å². The second-order valence-corrected chi connectivity index (χ2v) is 14.7. The number of halogens is 3. The molecule has 6 atom stereocenters. The lowest BCUT2D eigenvalue weighted by Crippen LogP contribution is -2.44. The van der Waals surface area contributed by atoms with Gasteiger partial charge in [0.15, 0.2) is 5.82 Å². The maximum absolute atomic E-state index is 17.1. The van der Waals surface area contributed by atoms with Gasteiger partial charge in [0.1, 0.15) is 11.6 Å². The summed E-state index contributed by atoms with van der Waals surface area (Å²) in [6, 6.07) is 10.9. The number of nitrogens with zero attached hydrogens (tertiary/aromatic N) is 4. The summed E-state index contributed by atoms with van der Waals surface area (Å²) in [5, 5.41) is 15.3. The van der Waals surface area contributed by atoms with Gasteiger partial charge < -0.3 is 19.5 Å². The number of likely N-dealkylation sites (tertiary alicyclic amines) is 1. The molecule has 6 unspecified atom stereocenters. The Labute approximate surface area is 280 Å². The summed E-state index contributed by atoms with van der Waals surface area (Å²) in [6.45, 7) is 3.05. The summed E-state index contributed by atoms with van der Waals surface area (Å²) in [5.41, 5.74) is 4.14. The van der Waals surface area contributed by atoms with Crippen LogP contribution in [0.3, 0.4) is 0 Å². The van der Waals surface area contributed by atoms with E-state index in [1.54, 1.807) is 18.2 Å². The number of ether oxygens (including phenoxy) is 1. The maximum Gasteiger partial charge on any atom is 0.328 e. The third-order valence-corrected chi connectivity index (χ3v) is 12.1. The smallest absolute Gasteiger partial charge is 0.328 e. The van der Waals surface area contributed by atoms with E-state index in [-0.39, 0.29) is 65.4 Å². The summed E-state index contributed by atoms with van der Waals surface area (Å²) in [7, 11) is 0. The van der Waals surface area contributed by atoms with Crippen molar-refractivity contribution in [2.24, 2.45) is 17.8 Å². The molecule has 0 spiro atoms. The van der Waals surface area contributed by atoms with Crippen LogP contribution in [0.2, 0.25) is 10.0 Å². The van der Waals surface area contributed by atoms with Crippen LogP contribution >= 0.6 is 23.2 Å². The topological polar surface area (TPSA) is 100 Å². The number of cyclic esters (lactones) is 1. The number of hydrogen-bond donors (Lipinski definition) is 1. The number of rotatable bonds is 6. The number of hydrogen-bond acceptors (Lipinski definition) is 6. The number of fused-ring (bicyclic) bond motifs is 6. The van der Waals surface area contributed by atoms with Crippen molar-refractivity contribution in [3.05, 3.63) is 63.1 Å². The fourth-order valence-corrected chi connectivity index (χ4v) is 9.29. The van der Waals surface area contributed by atoms with E-state index in [1.165, 1.54) is 0 Å². The molecule has 1 N–H and O–H groups in total. The molecule has 4 bridgehead atoms. The SMILES string of the molecule is Cc1nc2c(F)c(-c3cccc(Cl)c3Cl)c(CCC#N)cc2c2c1cc(C1C3COC(=O)C(C3)N1C(=O)C1CC1)n2C1C2CNC1C2. The Morgan fingerprint density at radius 3 is 2.74 bits per heavy atom. The Hall–Kier alpha value is -3.71. The molecule has 6 heterocycles. The summed E-state index contributed by atoms with van der Waals surface area (Å²) >= 11 is 13.0. The van der Waals surface area contributed by atoms with Crippen LogP contribution < -0.4 is 5.32 Å². The molecule has 47 heavy (non-hydrogen) atoms. The summed E-state index contributed by atoms with van der Waals surface area (Å²) in [5.74, 6) is -0.507. The van der Waals surface area contributed by atoms with Crippen molar-refractivity contribution in [1.29, 1.82) is 5.26 Å².